The van der Waals surface area contributed by atoms with Gasteiger partial charge < -0.3 is 24.6 Å². The summed E-state index contributed by atoms with van der Waals surface area (Å²) in [5, 5.41) is 15.2. The molecule has 4 heterocycles. The molecular formula is C48H57ClN8O6. The quantitative estimate of drug-likeness (QED) is 0.193. The minimum Gasteiger partial charge on any atom is -0.490 e. The Bertz CT molecular complexity index is 2350. The lowest BCUT2D eigenvalue weighted by Crippen LogP contribution is -2.74. The van der Waals surface area contributed by atoms with Crippen molar-refractivity contribution in [2.75, 3.05) is 24.5 Å². The molecule has 15 heteroatoms. The molecule has 2 N–H and O–H groups in total. The molecular weight excluding hydrogens is 820 g/mol. The van der Waals surface area contributed by atoms with Gasteiger partial charge in [0, 0.05) is 79.5 Å². The molecule has 14 nitrogen and oxygen atoms in total. The molecule has 0 radical (unpaired) electrons. The molecule has 0 bridgehead atoms. The van der Waals surface area contributed by atoms with E-state index in [4.69, 9.17) is 21.1 Å². The van der Waals surface area contributed by atoms with Crippen molar-refractivity contribution in [3.8, 4) is 17.6 Å². The summed E-state index contributed by atoms with van der Waals surface area (Å²) in [4.78, 5) is 67.6. The second kappa shape index (κ2) is 16.1. The highest BCUT2D eigenvalue weighted by Gasteiger charge is 2.64. The topological polar surface area (TPSA) is 170 Å². The number of amides is 4. The zero-order valence-corrected chi connectivity index (χ0v) is 37.7. The summed E-state index contributed by atoms with van der Waals surface area (Å²) in [5.41, 5.74) is 1.00. The molecule has 0 unspecified atom stereocenters. The number of imide groups is 1. The summed E-state index contributed by atoms with van der Waals surface area (Å²) in [7, 11) is 0. The smallest absolute Gasteiger partial charge is 0.271 e. The predicted molar refractivity (Wildman–Crippen MR) is 235 cm³/mol. The van der Waals surface area contributed by atoms with Crippen LogP contribution in [0, 0.1) is 28.1 Å². The van der Waals surface area contributed by atoms with Crippen LogP contribution in [0.15, 0.2) is 48.8 Å². The van der Waals surface area contributed by atoms with Crippen LogP contribution in [0.2, 0.25) is 5.02 Å². The molecule has 5 fully saturated rings. The summed E-state index contributed by atoms with van der Waals surface area (Å²) < 4.78 is 12.8. The van der Waals surface area contributed by atoms with Gasteiger partial charge in [-0.3, -0.25) is 29.4 Å². The average Bonchev–Trinajstić information content (AvgIpc) is 4.00. The van der Waals surface area contributed by atoms with E-state index in [0.29, 0.717) is 52.1 Å². The van der Waals surface area contributed by atoms with Crippen LogP contribution < -0.4 is 25.0 Å². The number of aromatic nitrogens is 2. The first-order valence-electron chi connectivity index (χ1n) is 22.5. The highest BCUT2D eigenvalue weighted by molar-refractivity contribution is 6.31. The molecule has 2 saturated heterocycles. The Labute approximate surface area is 374 Å². The molecule has 4 amide bonds. The number of benzene rings is 2. The first-order chi connectivity index (χ1) is 30.0. The Balaban J connectivity index is 0.740. The van der Waals surface area contributed by atoms with Crippen LogP contribution in [-0.4, -0.2) is 99.4 Å². The van der Waals surface area contributed by atoms with E-state index in [1.165, 1.54) is 0 Å². The molecule has 63 heavy (non-hydrogen) atoms. The van der Waals surface area contributed by atoms with E-state index in [1.54, 1.807) is 35.5 Å². The highest BCUT2D eigenvalue weighted by atomic mass is 35.5. The van der Waals surface area contributed by atoms with E-state index < -0.39 is 22.4 Å². The lowest BCUT2D eigenvalue weighted by molar-refractivity contribution is -0.164. The molecule has 9 rings (SSSR count). The number of piperidine rings is 2. The van der Waals surface area contributed by atoms with E-state index in [0.717, 1.165) is 69.5 Å². The Kier molecular flexibility index (Phi) is 11.0. The van der Waals surface area contributed by atoms with Gasteiger partial charge in [-0.25, -0.2) is 9.97 Å². The third-order valence-electron chi connectivity index (χ3n) is 14.9. The van der Waals surface area contributed by atoms with Crippen molar-refractivity contribution in [3.05, 3.63) is 76.2 Å². The van der Waals surface area contributed by atoms with Crippen molar-refractivity contribution in [2.24, 2.45) is 16.7 Å². The van der Waals surface area contributed by atoms with Gasteiger partial charge in [0.2, 0.25) is 11.8 Å². The van der Waals surface area contributed by atoms with Gasteiger partial charge >= 0.3 is 0 Å². The van der Waals surface area contributed by atoms with E-state index in [-0.39, 0.29) is 54.0 Å². The average molecular weight is 877 g/mol. The normalized spacial score (nSPS) is 26.7. The lowest BCUT2D eigenvalue weighted by atomic mass is 9.49. The molecule has 6 aliphatic rings. The van der Waals surface area contributed by atoms with Crippen LogP contribution in [0.1, 0.15) is 125 Å². The van der Waals surface area contributed by atoms with Crippen LogP contribution in [0.3, 0.4) is 0 Å². The maximum absolute atomic E-state index is 13.8. The summed E-state index contributed by atoms with van der Waals surface area (Å²) >= 11 is 6.26. The van der Waals surface area contributed by atoms with Crippen LogP contribution in [0.5, 0.6) is 11.5 Å². The first-order valence-corrected chi connectivity index (χ1v) is 22.9. The number of nitrogens with one attached hydrogen (secondary N) is 2. The Morgan fingerprint density at radius 3 is 2.30 bits per heavy atom. The van der Waals surface area contributed by atoms with Crippen molar-refractivity contribution in [1.29, 1.82) is 5.26 Å². The number of hydrogen-bond donors (Lipinski definition) is 2. The molecule has 3 aliphatic heterocycles. The van der Waals surface area contributed by atoms with E-state index >= 15 is 0 Å². The second-order valence-corrected chi connectivity index (χ2v) is 20.4. The van der Waals surface area contributed by atoms with Crippen molar-refractivity contribution < 1.29 is 28.7 Å². The van der Waals surface area contributed by atoms with E-state index in [9.17, 15) is 24.4 Å². The molecule has 3 aliphatic carbocycles. The number of nitrogens with zero attached hydrogens (tertiary/aromatic N) is 6. The molecule has 332 valence electrons. The number of fused-ring (bicyclic) bond motifs is 2. The van der Waals surface area contributed by atoms with Crippen molar-refractivity contribution in [3.63, 3.8) is 0 Å². The van der Waals surface area contributed by atoms with Gasteiger partial charge in [-0.2, -0.15) is 5.26 Å². The fraction of sp³-hybridized carbons (Fsp3) is 0.562. The van der Waals surface area contributed by atoms with Crippen molar-refractivity contribution in [2.45, 2.75) is 135 Å². The lowest BCUT2D eigenvalue weighted by Gasteiger charge is -2.63. The van der Waals surface area contributed by atoms with Crippen LogP contribution in [0.4, 0.5) is 5.82 Å². The fourth-order valence-electron chi connectivity index (χ4n) is 11.6. The van der Waals surface area contributed by atoms with Crippen LogP contribution in [-0.2, 0) is 15.1 Å². The standard InChI is InChI=1S/C48H57ClN8O6/c1-27(2)56(30-19-33(20-30)62-31-9-10-35-34(21-31)43(61)57(48(35)15-16-48)38-11-12-40(58)53-42(38)60)26-28-13-17-55(18-14-28)39-25-51-37(24-52-39)41(59)54-44-46(3,4)45(47(44,5)6)63-32-8-7-29(23-50)36(49)22-32/h7-10,21-22,24-25,27-28,30,33,38,44-45H,11-20,26H2,1-6H3,(H,54,59)(H,53,58,60)/t30?,33?,38-,44?,45?/m1/s1. The number of ether oxygens (including phenoxy) is 2. The fourth-order valence-corrected chi connectivity index (χ4v) is 11.8. The van der Waals surface area contributed by atoms with E-state index in [2.05, 4.69) is 78.0 Å². The maximum Gasteiger partial charge on any atom is 0.271 e. The number of rotatable bonds is 12. The number of nitriles is 1. The summed E-state index contributed by atoms with van der Waals surface area (Å²) in [6, 6.07) is 13.0. The minimum atomic E-state index is -0.628. The van der Waals surface area contributed by atoms with Gasteiger partial charge in [-0.05, 0) is 81.7 Å². The van der Waals surface area contributed by atoms with Gasteiger partial charge in [0.05, 0.1) is 28.5 Å². The number of carbonyl (C=O) groups excluding carboxylic acids is 4. The predicted octanol–water partition coefficient (Wildman–Crippen LogP) is 6.40. The Hall–Kier alpha value is -5.26. The zero-order chi connectivity index (χ0) is 44.6. The van der Waals surface area contributed by atoms with Gasteiger partial charge in [-0.15, -0.1) is 0 Å². The summed E-state index contributed by atoms with van der Waals surface area (Å²) in [6.45, 7) is 15.5. The second-order valence-electron chi connectivity index (χ2n) is 20.0. The number of carbonyl (C=O) groups is 4. The van der Waals surface area contributed by atoms with E-state index in [1.807, 2.05) is 18.2 Å². The third-order valence-corrected chi connectivity index (χ3v) is 15.2. The SMILES string of the molecule is CC(C)N(CC1CCN(c2cnc(C(=O)NC3C(C)(C)C(Oc4ccc(C#N)c(Cl)c4)C3(C)C)cn2)CC1)C1CC(Oc2ccc3c(c2)C(=O)N([C@@H]2CCC(=O)NC2=O)C32CC2)C1. The zero-order valence-electron chi connectivity index (χ0n) is 36.9. The Morgan fingerprint density at radius 2 is 1.68 bits per heavy atom. The number of hydrogen-bond acceptors (Lipinski definition) is 11. The minimum absolute atomic E-state index is 0.0650. The summed E-state index contributed by atoms with van der Waals surface area (Å²) in [5.74, 6) is 1.50. The summed E-state index contributed by atoms with van der Waals surface area (Å²) in [6.07, 6.45) is 9.26. The third kappa shape index (κ3) is 7.68. The number of halogens is 1. The molecule has 1 spiro atoms. The van der Waals surface area contributed by atoms with Gasteiger partial charge in [-0.1, -0.05) is 45.4 Å². The van der Waals surface area contributed by atoms with Gasteiger partial charge in [0.1, 0.15) is 47.3 Å². The number of anilines is 1. The van der Waals surface area contributed by atoms with Gasteiger partial charge in [0.15, 0.2) is 0 Å². The van der Waals surface area contributed by atoms with Crippen molar-refractivity contribution in [1.82, 2.24) is 30.4 Å². The monoisotopic (exact) mass is 876 g/mol. The highest BCUT2D eigenvalue weighted by Crippen LogP contribution is 2.58. The largest absolute Gasteiger partial charge is 0.490 e. The molecule has 3 saturated carbocycles. The first kappa shape index (κ1) is 43.0. The molecule has 2 aromatic carbocycles. The molecule has 1 atom stereocenters. The van der Waals surface area contributed by atoms with Crippen molar-refractivity contribution >= 4 is 41.0 Å². The van der Waals surface area contributed by atoms with Crippen LogP contribution >= 0.6 is 11.6 Å². The molecule has 3 aromatic rings. The maximum atomic E-state index is 13.8. The van der Waals surface area contributed by atoms with Crippen LogP contribution in [0.25, 0.3) is 0 Å². The van der Waals surface area contributed by atoms with Gasteiger partial charge in [0.25, 0.3) is 11.8 Å². The molecule has 1 aromatic heterocycles. The Morgan fingerprint density at radius 1 is 0.984 bits per heavy atom.